The summed E-state index contributed by atoms with van der Waals surface area (Å²) in [7, 11) is 0. The third-order valence-electron chi connectivity index (χ3n) is 1.51. The molecule has 4 heteroatoms. The monoisotopic (exact) mass is 218 g/mol. The third kappa shape index (κ3) is 3.87. The van der Waals surface area contributed by atoms with Gasteiger partial charge < -0.3 is 0 Å². The van der Waals surface area contributed by atoms with Crippen LogP contribution in [0, 0.1) is 0 Å². The summed E-state index contributed by atoms with van der Waals surface area (Å²) in [5.41, 5.74) is 0.738. The van der Waals surface area contributed by atoms with Gasteiger partial charge in [-0.15, -0.1) is 11.8 Å². The van der Waals surface area contributed by atoms with Gasteiger partial charge in [0.2, 0.25) is 0 Å². The van der Waals surface area contributed by atoms with Crippen LogP contribution in [0.5, 0.6) is 0 Å². The predicted octanol–water partition coefficient (Wildman–Crippen LogP) is 3.95. The van der Waals surface area contributed by atoms with Crippen LogP contribution in [0.1, 0.15) is 5.56 Å². The molecule has 0 spiro atoms. The fourth-order valence-electron chi connectivity index (χ4n) is 0.876. The molecule has 0 unspecified atom stereocenters. The molecule has 0 aliphatic heterocycles. The molecule has 0 heterocycles. The van der Waals surface area contributed by atoms with E-state index in [-0.39, 0.29) is 0 Å². The summed E-state index contributed by atoms with van der Waals surface area (Å²) in [6, 6.07) is 8.84. The van der Waals surface area contributed by atoms with Crippen LogP contribution < -0.4 is 0 Å². The molecule has 0 bridgehead atoms. The van der Waals surface area contributed by atoms with E-state index < -0.39 is 11.9 Å². The molecule has 1 aromatic carbocycles. The molecule has 1 aromatic rings. The lowest BCUT2D eigenvalue weighted by molar-refractivity contribution is -0.105. The van der Waals surface area contributed by atoms with Crippen molar-refractivity contribution in [3.05, 3.63) is 42.5 Å². The van der Waals surface area contributed by atoms with Crippen molar-refractivity contribution in [2.45, 2.75) is 6.18 Å². The van der Waals surface area contributed by atoms with E-state index in [2.05, 4.69) is 6.58 Å². The molecule has 0 fully saturated rings. The van der Waals surface area contributed by atoms with Gasteiger partial charge in [0.15, 0.2) is 0 Å². The Morgan fingerprint density at radius 3 is 2.29 bits per heavy atom. The summed E-state index contributed by atoms with van der Waals surface area (Å²) in [6.45, 7) is 3.59. The largest absolute Gasteiger partial charge is 0.398 e. The lowest BCUT2D eigenvalue weighted by atomic mass is 10.2. The number of alkyl halides is 3. The number of hydrogen-bond donors (Lipinski definition) is 0. The number of hydrogen-bond acceptors (Lipinski definition) is 1. The summed E-state index contributed by atoms with van der Waals surface area (Å²) < 4.78 is 35.6. The van der Waals surface area contributed by atoms with Gasteiger partial charge in [-0.2, -0.15) is 13.2 Å². The van der Waals surface area contributed by atoms with Gasteiger partial charge in [0, 0.05) is 4.91 Å². The lowest BCUT2D eigenvalue weighted by Gasteiger charge is -2.07. The molecule has 0 amide bonds. The van der Waals surface area contributed by atoms with Crippen LogP contribution in [0.2, 0.25) is 0 Å². The van der Waals surface area contributed by atoms with Crippen molar-refractivity contribution in [1.82, 2.24) is 0 Å². The zero-order chi connectivity index (χ0) is 10.6. The van der Waals surface area contributed by atoms with Gasteiger partial charge in [-0.05, 0) is 5.56 Å². The summed E-state index contributed by atoms with van der Waals surface area (Å²) >= 11 is 0.717. The Hall–Kier alpha value is -0.900. The second-order valence-corrected chi connectivity index (χ2v) is 3.76. The quantitative estimate of drug-likeness (QED) is 0.740. The first-order valence-corrected chi connectivity index (χ1v) is 4.91. The van der Waals surface area contributed by atoms with Gasteiger partial charge in [-0.3, -0.25) is 0 Å². The molecular weight excluding hydrogens is 209 g/mol. The van der Waals surface area contributed by atoms with E-state index in [0.717, 1.165) is 5.56 Å². The van der Waals surface area contributed by atoms with E-state index in [9.17, 15) is 13.2 Å². The van der Waals surface area contributed by atoms with Crippen LogP contribution in [0.4, 0.5) is 13.2 Å². The summed E-state index contributed by atoms with van der Waals surface area (Å²) in [6.07, 6.45) is -4.14. The van der Waals surface area contributed by atoms with Crippen molar-refractivity contribution in [2.24, 2.45) is 0 Å². The SMILES string of the molecule is C=C(SCC(F)(F)F)c1ccccc1. The first-order chi connectivity index (χ1) is 6.49. The highest BCUT2D eigenvalue weighted by Crippen LogP contribution is 2.30. The maximum atomic E-state index is 11.9. The van der Waals surface area contributed by atoms with Gasteiger partial charge in [-0.25, -0.2) is 0 Å². The third-order valence-corrected chi connectivity index (χ3v) is 2.56. The van der Waals surface area contributed by atoms with Crippen LogP contribution in [0.3, 0.4) is 0 Å². The summed E-state index contributed by atoms with van der Waals surface area (Å²) in [5, 5.41) is 0. The normalized spacial score (nSPS) is 11.4. The maximum Gasteiger partial charge on any atom is 0.398 e. The van der Waals surface area contributed by atoms with E-state index in [4.69, 9.17) is 0 Å². The molecule has 0 atom stereocenters. The highest BCUT2D eigenvalue weighted by atomic mass is 32.2. The average Bonchev–Trinajstić information content (AvgIpc) is 2.14. The minimum absolute atomic E-state index is 0.447. The Morgan fingerprint density at radius 2 is 1.79 bits per heavy atom. The number of benzene rings is 1. The topological polar surface area (TPSA) is 0 Å². The van der Waals surface area contributed by atoms with E-state index in [1.54, 1.807) is 24.3 Å². The van der Waals surface area contributed by atoms with Crippen molar-refractivity contribution in [1.29, 1.82) is 0 Å². The maximum absolute atomic E-state index is 11.9. The van der Waals surface area contributed by atoms with E-state index >= 15 is 0 Å². The van der Waals surface area contributed by atoms with Crippen molar-refractivity contribution in [3.63, 3.8) is 0 Å². The van der Waals surface area contributed by atoms with Gasteiger partial charge in [0.25, 0.3) is 0 Å². The molecule has 0 saturated heterocycles. The molecule has 0 nitrogen and oxygen atoms in total. The molecule has 1 rings (SSSR count). The van der Waals surface area contributed by atoms with Crippen molar-refractivity contribution < 1.29 is 13.2 Å². The zero-order valence-corrected chi connectivity index (χ0v) is 8.16. The number of rotatable bonds is 3. The molecule has 0 aliphatic carbocycles. The molecule has 0 saturated carbocycles. The zero-order valence-electron chi connectivity index (χ0n) is 7.34. The van der Waals surface area contributed by atoms with Crippen LogP contribution in [-0.4, -0.2) is 11.9 Å². The predicted molar refractivity (Wildman–Crippen MR) is 54.0 cm³/mol. The minimum Gasteiger partial charge on any atom is -0.170 e. The van der Waals surface area contributed by atoms with Gasteiger partial charge in [0.05, 0.1) is 5.75 Å². The van der Waals surface area contributed by atoms with Crippen LogP contribution in [0.25, 0.3) is 4.91 Å². The molecule has 0 radical (unpaired) electrons. The van der Waals surface area contributed by atoms with E-state index in [1.807, 2.05) is 6.07 Å². The lowest BCUT2D eigenvalue weighted by Crippen LogP contribution is -2.10. The summed E-state index contributed by atoms with van der Waals surface area (Å²) in [4.78, 5) is 0.447. The number of halogens is 3. The van der Waals surface area contributed by atoms with Crippen LogP contribution in [-0.2, 0) is 0 Å². The highest BCUT2D eigenvalue weighted by Gasteiger charge is 2.27. The fraction of sp³-hybridized carbons (Fsp3) is 0.200. The highest BCUT2D eigenvalue weighted by molar-refractivity contribution is 8.08. The Kier molecular flexibility index (Phi) is 3.63. The van der Waals surface area contributed by atoms with Gasteiger partial charge in [0.1, 0.15) is 0 Å². The molecule has 0 aliphatic rings. The van der Waals surface area contributed by atoms with Gasteiger partial charge in [-0.1, -0.05) is 36.9 Å². The smallest absolute Gasteiger partial charge is 0.170 e. The molecule has 0 N–H and O–H groups in total. The first kappa shape index (κ1) is 11.2. The van der Waals surface area contributed by atoms with E-state index in [1.165, 1.54) is 0 Å². The average molecular weight is 218 g/mol. The first-order valence-electron chi connectivity index (χ1n) is 3.93. The minimum atomic E-state index is -4.14. The second kappa shape index (κ2) is 4.55. The Balaban J connectivity index is 2.52. The van der Waals surface area contributed by atoms with Crippen LogP contribution >= 0.6 is 11.8 Å². The Labute approximate surface area is 84.8 Å². The number of thioether (sulfide) groups is 1. The standard InChI is InChI=1S/C10H9F3S/c1-8(14-7-10(11,12)13)9-5-3-2-4-6-9/h2-6H,1,7H2. The Morgan fingerprint density at radius 1 is 1.21 bits per heavy atom. The molecule has 76 valence electrons. The molecule has 0 aromatic heterocycles. The molecule has 14 heavy (non-hydrogen) atoms. The van der Waals surface area contributed by atoms with Crippen LogP contribution in [0.15, 0.2) is 36.9 Å². The fourth-order valence-corrected chi connectivity index (χ4v) is 1.52. The van der Waals surface area contributed by atoms with Crippen molar-refractivity contribution in [2.75, 3.05) is 5.75 Å². The Bertz CT molecular complexity index is 303. The van der Waals surface area contributed by atoms with Crippen molar-refractivity contribution >= 4 is 16.7 Å². The second-order valence-electron chi connectivity index (χ2n) is 2.69. The van der Waals surface area contributed by atoms with E-state index in [0.29, 0.717) is 16.7 Å². The van der Waals surface area contributed by atoms with Gasteiger partial charge >= 0.3 is 6.18 Å². The van der Waals surface area contributed by atoms with Crippen molar-refractivity contribution in [3.8, 4) is 0 Å². The molecular formula is C10H9F3S. The summed E-state index contributed by atoms with van der Waals surface area (Å²) in [5.74, 6) is -0.888.